The molecular weight excluding hydrogens is 276 g/mol. The Kier molecular flexibility index (Phi) is 4.63. The molecule has 0 saturated carbocycles. The Hall–Kier alpha value is -2.01. The lowest BCUT2D eigenvalue weighted by Crippen LogP contribution is -2.40. The van der Waals surface area contributed by atoms with Crippen LogP contribution in [0.5, 0.6) is 0 Å². The monoisotopic (exact) mass is 300 g/mol. The van der Waals surface area contributed by atoms with Crippen LogP contribution in [-0.2, 0) is 0 Å². The summed E-state index contributed by atoms with van der Waals surface area (Å²) >= 11 is 0. The van der Waals surface area contributed by atoms with Gasteiger partial charge in [0.25, 0.3) is 0 Å². The molecule has 1 aliphatic heterocycles. The molecule has 0 atom stereocenters. The second-order valence-corrected chi connectivity index (χ2v) is 6.18. The third-order valence-corrected chi connectivity index (χ3v) is 4.40. The minimum absolute atomic E-state index is 0.139. The number of hydrogen-bond donors (Lipinski definition) is 3. The molecule has 5 heteroatoms. The first-order valence-electron chi connectivity index (χ1n) is 8.05. The van der Waals surface area contributed by atoms with Gasteiger partial charge in [0.1, 0.15) is 0 Å². The van der Waals surface area contributed by atoms with Crippen LogP contribution in [0.25, 0.3) is 10.9 Å². The predicted octanol–water partition coefficient (Wildman–Crippen LogP) is 3.02. The molecule has 2 amide bonds. The first-order chi connectivity index (χ1) is 10.7. The van der Waals surface area contributed by atoms with Crippen LogP contribution in [0.15, 0.2) is 30.5 Å². The summed E-state index contributed by atoms with van der Waals surface area (Å²) in [6, 6.07) is 7.71. The lowest BCUT2D eigenvalue weighted by Gasteiger charge is -2.30. The molecule has 0 aliphatic carbocycles. The summed E-state index contributed by atoms with van der Waals surface area (Å²) in [4.78, 5) is 17.5. The number of fused-ring (bicyclic) bond motifs is 1. The van der Waals surface area contributed by atoms with Crippen LogP contribution >= 0.6 is 0 Å². The van der Waals surface area contributed by atoms with E-state index in [9.17, 15) is 4.79 Å². The molecule has 3 rings (SSSR count). The van der Waals surface area contributed by atoms with Gasteiger partial charge in [0.15, 0.2) is 0 Å². The third-order valence-electron chi connectivity index (χ3n) is 4.40. The van der Waals surface area contributed by atoms with Crippen molar-refractivity contribution in [1.82, 2.24) is 15.2 Å². The summed E-state index contributed by atoms with van der Waals surface area (Å²) in [5.41, 5.74) is 1.89. The van der Waals surface area contributed by atoms with E-state index in [4.69, 9.17) is 0 Å². The maximum Gasteiger partial charge on any atom is 0.319 e. The molecule has 1 aromatic heterocycles. The van der Waals surface area contributed by atoms with E-state index in [1.807, 2.05) is 30.5 Å². The second kappa shape index (κ2) is 6.83. The normalized spacial score (nSPS) is 16.8. The number of urea groups is 1. The standard InChI is InChI=1S/C17H24N4O/c1-13-5-9-21(10-6-13)11-8-19-17(22)20-15-2-3-16-14(12-15)4-7-18-16/h2-4,7,12-13,18H,5-6,8-11H2,1H3,(H2,19,20,22). The van der Waals surface area contributed by atoms with E-state index in [-0.39, 0.29) is 6.03 Å². The molecule has 2 aromatic rings. The van der Waals surface area contributed by atoms with Crippen LogP contribution in [0.4, 0.5) is 10.5 Å². The Morgan fingerprint density at radius 1 is 1.32 bits per heavy atom. The van der Waals surface area contributed by atoms with Crippen molar-refractivity contribution >= 4 is 22.6 Å². The average molecular weight is 300 g/mol. The maximum absolute atomic E-state index is 11.9. The lowest BCUT2D eigenvalue weighted by molar-refractivity contribution is 0.192. The summed E-state index contributed by atoms with van der Waals surface area (Å²) < 4.78 is 0. The average Bonchev–Trinajstić information content (AvgIpc) is 2.97. The van der Waals surface area contributed by atoms with Crippen molar-refractivity contribution in [1.29, 1.82) is 0 Å². The molecule has 118 valence electrons. The topological polar surface area (TPSA) is 60.2 Å². The van der Waals surface area contributed by atoms with Crippen LogP contribution in [-0.4, -0.2) is 42.1 Å². The molecule has 0 spiro atoms. The van der Waals surface area contributed by atoms with Gasteiger partial charge in [-0.1, -0.05) is 6.92 Å². The smallest absolute Gasteiger partial charge is 0.319 e. The van der Waals surface area contributed by atoms with Gasteiger partial charge in [-0.3, -0.25) is 0 Å². The molecule has 1 aliphatic rings. The molecule has 1 fully saturated rings. The lowest BCUT2D eigenvalue weighted by atomic mass is 9.99. The molecule has 22 heavy (non-hydrogen) atoms. The highest BCUT2D eigenvalue weighted by atomic mass is 16.2. The Bertz CT molecular complexity index is 628. The van der Waals surface area contributed by atoms with Crippen molar-refractivity contribution in [2.24, 2.45) is 5.92 Å². The van der Waals surface area contributed by atoms with E-state index in [1.54, 1.807) is 0 Å². The van der Waals surface area contributed by atoms with Gasteiger partial charge in [-0.05, 0) is 56.1 Å². The summed E-state index contributed by atoms with van der Waals surface area (Å²) in [5, 5.41) is 6.92. The molecule has 0 bridgehead atoms. The number of piperidine rings is 1. The molecule has 1 saturated heterocycles. The van der Waals surface area contributed by atoms with Gasteiger partial charge in [-0.15, -0.1) is 0 Å². The molecule has 1 aromatic carbocycles. The van der Waals surface area contributed by atoms with E-state index in [2.05, 4.69) is 27.4 Å². The number of benzene rings is 1. The van der Waals surface area contributed by atoms with Crippen LogP contribution in [0, 0.1) is 5.92 Å². The maximum atomic E-state index is 11.9. The fourth-order valence-electron chi connectivity index (χ4n) is 2.92. The Morgan fingerprint density at radius 3 is 2.95 bits per heavy atom. The number of hydrogen-bond acceptors (Lipinski definition) is 2. The van der Waals surface area contributed by atoms with Crippen LogP contribution in [0.2, 0.25) is 0 Å². The first kappa shape index (κ1) is 14.9. The highest BCUT2D eigenvalue weighted by Crippen LogP contribution is 2.17. The first-order valence-corrected chi connectivity index (χ1v) is 8.05. The summed E-state index contributed by atoms with van der Waals surface area (Å²) in [6.45, 7) is 6.22. The van der Waals surface area contributed by atoms with Crippen molar-refractivity contribution < 1.29 is 4.79 Å². The van der Waals surface area contributed by atoms with Crippen molar-refractivity contribution in [3.8, 4) is 0 Å². The molecule has 0 unspecified atom stereocenters. The Morgan fingerprint density at radius 2 is 2.14 bits per heavy atom. The number of nitrogens with one attached hydrogen (secondary N) is 3. The van der Waals surface area contributed by atoms with E-state index in [0.29, 0.717) is 6.54 Å². The van der Waals surface area contributed by atoms with Crippen molar-refractivity contribution in [3.05, 3.63) is 30.5 Å². The van der Waals surface area contributed by atoms with Gasteiger partial charge >= 0.3 is 6.03 Å². The zero-order valence-corrected chi connectivity index (χ0v) is 13.1. The Labute approximate surface area is 131 Å². The van der Waals surface area contributed by atoms with Crippen LogP contribution in [0.1, 0.15) is 19.8 Å². The largest absolute Gasteiger partial charge is 0.361 e. The number of nitrogens with zero attached hydrogens (tertiary/aromatic N) is 1. The Balaban J connectivity index is 1.42. The fourth-order valence-corrected chi connectivity index (χ4v) is 2.92. The minimum atomic E-state index is -0.139. The van der Waals surface area contributed by atoms with Crippen molar-refractivity contribution in [2.45, 2.75) is 19.8 Å². The SMILES string of the molecule is CC1CCN(CCNC(=O)Nc2ccc3[nH]ccc3c2)CC1. The highest BCUT2D eigenvalue weighted by Gasteiger charge is 2.15. The van der Waals surface area contributed by atoms with Crippen molar-refractivity contribution in [3.63, 3.8) is 0 Å². The van der Waals surface area contributed by atoms with Crippen LogP contribution in [0.3, 0.4) is 0 Å². The third kappa shape index (κ3) is 3.80. The molecule has 0 radical (unpaired) electrons. The molecule has 5 nitrogen and oxygen atoms in total. The van der Waals surface area contributed by atoms with E-state index >= 15 is 0 Å². The number of likely N-dealkylation sites (tertiary alicyclic amines) is 1. The predicted molar refractivity (Wildman–Crippen MR) is 90.2 cm³/mol. The van der Waals surface area contributed by atoms with Crippen LogP contribution < -0.4 is 10.6 Å². The van der Waals surface area contributed by atoms with E-state index in [0.717, 1.165) is 42.1 Å². The number of carbonyl (C=O) groups is 1. The van der Waals surface area contributed by atoms with Gasteiger partial charge in [-0.25, -0.2) is 4.79 Å². The summed E-state index contributed by atoms with van der Waals surface area (Å²) in [7, 11) is 0. The second-order valence-electron chi connectivity index (χ2n) is 6.18. The van der Waals surface area contributed by atoms with Gasteiger partial charge < -0.3 is 20.5 Å². The van der Waals surface area contributed by atoms with E-state index in [1.165, 1.54) is 12.8 Å². The number of amides is 2. The summed E-state index contributed by atoms with van der Waals surface area (Å²) in [6.07, 6.45) is 4.43. The molecule has 2 heterocycles. The highest BCUT2D eigenvalue weighted by molar-refractivity contribution is 5.92. The zero-order valence-electron chi connectivity index (χ0n) is 13.1. The number of aromatic amines is 1. The molecule has 3 N–H and O–H groups in total. The quantitative estimate of drug-likeness (QED) is 0.813. The van der Waals surface area contributed by atoms with E-state index < -0.39 is 0 Å². The number of carbonyl (C=O) groups excluding carboxylic acids is 1. The van der Waals surface area contributed by atoms with Gasteiger partial charge in [0.2, 0.25) is 0 Å². The number of rotatable bonds is 4. The van der Waals surface area contributed by atoms with Gasteiger partial charge in [0, 0.05) is 35.9 Å². The fraction of sp³-hybridized carbons (Fsp3) is 0.471. The number of H-pyrrole nitrogens is 1. The molecular formula is C17H24N4O. The van der Waals surface area contributed by atoms with Crippen molar-refractivity contribution in [2.75, 3.05) is 31.5 Å². The number of anilines is 1. The summed E-state index contributed by atoms with van der Waals surface area (Å²) in [5.74, 6) is 0.843. The minimum Gasteiger partial charge on any atom is -0.361 e. The van der Waals surface area contributed by atoms with Gasteiger partial charge in [0.05, 0.1) is 0 Å². The number of aromatic nitrogens is 1. The van der Waals surface area contributed by atoms with Gasteiger partial charge in [-0.2, -0.15) is 0 Å². The zero-order chi connectivity index (χ0) is 15.4.